The predicted octanol–water partition coefficient (Wildman–Crippen LogP) is 3.56. The fourth-order valence-electron chi connectivity index (χ4n) is 2.98. The number of carbonyl (C=O) groups excluding carboxylic acids is 3. The van der Waals surface area contributed by atoms with Gasteiger partial charge in [0, 0.05) is 18.4 Å². The van der Waals surface area contributed by atoms with Crippen molar-refractivity contribution in [3.8, 4) is 11.5 Å². The first-order valence-corrected chi connectivity index (χ1v) is 9.36. The Balaban J connectivity index is 2.48. The summed E-state index contributed by atoms with van der Waals surface area (Å²) in [5, 5.41) is 2.56. The Hall–Kier alpha value is -3.15. The second kappa shape index (κ2) is 10.3. The molecule has 0 aliphatic carbocycles. The number of Topliss-reactive ketones (excluding diaryl/α,β-unsaturated/α-hetero) is 1. The molecular formula is C22H26N2O4. The number of hydrogen-bond acceptors (Lipinski definition) is 4. The van der Waals surface area contributed by atoms with Crippen LogP contribution in [-0.2, 0) is 9.59 Å². The Bertz CT molecular complexity index is 834. The van der Waals surface area contributed by atoms with E-state index in [9.17, 15) is 14.4 Å². The van der Waals surface area contributed by atoms with Crippen molar-refractivity contribution in [3.63, 3.8) is 0 Å². The third-order valence-electron chi connectivity index (χ3n) is 4.40. The summed E-state index contributed by atoms with van der Waals surface area (Å²) < 4.78 is 6.00. The topological polar surface area (TPSA) is 98.5 Å². The number of unbranched alkanes of at least 4 members (excludes halogenated alkanes) is 1. The molecule has 2 aromatic carbocycles. The van der Waals surface area contributed by atoms with Gasteiger partial charge in [-0.2, -0.15) is 0 Å². The molecule has 148 valence electrons. The molecule has 0 aliphatic heterocycles. The van der Waals surface area contributed by atoms with Gasteiger partial charge < -0.3 is 15.8 Å². The second-order valence-corrected chi connectivity index (χ2v) is 6.57. The van der Waals surface area contributed by atoms with Crippen molar-refractivity contribution in [2.75, 3.05) is 6.54 Å². The highest BCUT2D eigenvalue weighted by molar-refractivity contribution is 5.98. The first-order chi connectivity index (χ1) is 13.4. The highest BCUT2D eigenvalue weighted by Gasteiger charge is 2.26. The summed E-state index contributed by atoms with van der Waals surface area (Å²) in [5.41, 5.74) is 6.37. The molecule has 2 amide bonds. The Kier molecular flexibility index (Phi) is 7.75. The van der Waals surface area contributed by atoms with Gasteiger partial charge in [-0.1, -0.05) is 50.1 Å². The molecule has 0 radical (unpaired) electrons. The first-order valence-electron chi connectivity index (χ1n) is 9.36. The van der Waals surface area contributed by atoms with E-state index in [0.29, 0.717) is 23.5 Å². The van der Waals surface area contributed by atoms with Gasteiger partial charge in [0.05, 0.1) is 12.1 Å². The van der Waals surface area contributed by atoms with Crippen LogP contribution in [0.25, 0.3) is 0 Å². The van der Waals surface area contributed by atoms with Gasteiger partial charge in [-0.3, -0.25) is 14.4 Å². The SMILES string of the molecule is CCCCC(C(=O)CNC(C)=O)c1cccc(C(N)=O)c1Oc1ccccc1. The zero-order valence-electron chi connectivity index (χ0n) is 16.2. The van der Waals surface area contributed by atoms with Gasteiger partial charge in [-0.25, -0.2) is 0 Å². The largest absolute Gasteiger partial charge is 0.456 e. The molecule has 0 aliphatic rings. The van der Waals surface area contributed by atoms with E-state index in [4.69, 9.17) is 10.5 Å². The van der Waals surface area contributed by atoms with Crippen molar-refractivity contribution in [1.82, 2.24) is 5.32 Å². The van der Waals surface area contributed by atoms with E-state index in [1.165, 1.54) is 6.92 Å². The summed E-state index contributed by atoms with van der Waals surface area (Å²) in [6.45, 7) is 3.33. The van der Waals surface area contributed by atoms with E-state index in [0.717, 1.165) is 12.8 Å². The first kappa shape index (κ1) is 21.2. The van der Waals surface area contributed by atoms with Gasteiger partial charge in [0.2, 0.25) is 5.91 Å². The summed E-state index contributed by atoms with van der Waals surface area (Å²) in [4.78, 5) is 36.1. The van der Waals surface area contributed by atoms with Crippen molar-refractivity contribution in [3.05, 3.63) is 59.7 Å². The summed E-state index contributed by atoms with van der Waals surface area (Å²) in [7, 11) is 0. The van der Waals surface area contributed by atoms with Crippen LogP contribution in [0, 0.1) is 0 Å². The van der Waals surface area contributed by atoms with Crippen LogP contribution in [0.4, 0.5) is 0 Å². The molecule has 2 aromatic rings. The maximum Gasteiger partial charge on any atom is 0.252 e. The number of amides is 2. The summed E-state index contributed by atoms with van der Waals surface area (Å²) in [6.07, 6.45) is 2.32. The van der Waals surface area contributed by atoms with Crippen LogP contribution in [0.5, 0.6) is 11.5 Å². The van der Waals surface area contributed by atoms with Crippen LogP contribution in [0.2, 0.25) is 0 Å². The number of ketones is 1. The quantitative estimate of drug-likeness (QED) is 0.656. The molecule has 1 atom stereocenters. The zero-order chi connectivity index (χ0) is 20.5. The molecule has 0 aromatic heterocycles. The standard InChI is InChI=1S/C22H26N2O4/c1-3-4-11-17(20(26)14-24-15(2)25)18-12-8-13-19(22(23)27)21(18)28-16-9-6-5-7-10-16/h5-10,12-13,17H,3-4,11,14H2,1-2H3,(H2,23,27)(H,24,25). The fraction of sp³-hybridized carbons (Fsp3) is 0.318. The van der Waals surface area contributed by atoms with Crippen molar-refractivity contribution in [2.45, 2.75) is 39.0 Å². The van der Waals surface area contributed by atoms with E-state index in [-0.39, 0.29) is 23.8 Å². The lowest BCUT2D eigenvalue weighted by atomic mass is 9.87. The minimum atomic E-state index is -0.628. The third-order valence-corrected chi connectivity index (χ3v) is 4.40. The number of carbonyl (C=O) groups is 3. The summed E-state index contributed by atoms with van der Waals surface area (Å²) in [5.74, 6) is -0.710. The van der Waals surface area contributed by atoms with Crippen LogP contribution in [-0.4, -0.2) is 24.1 Å². The molecule has 6 nitrogen and oxygen atoms in total. The molecule has 0 bridgehead atoms. The maximum absolute atomic E-state index is 12.9. The lowest BCUT2D eigenvalue weighted by Gasteiger charge is -2.21. The Labute approximate surface area is 165 Å². The number of nitrogens with one attached hydrogen (secondary N) is 1. The van der Waals surface area contributed by atoms with Crippen LogP contribution in [0.3, 0.4) is 0 Å². The Morgan fingerprint density at radius 3 is 2.39 bits per heavy atom. The van der Waals surface area contributed by atoms with Gasteiger partial charge in [0.25, 0.3) is 5.91 Å². The van der Waals surface area contributed by atoms with Crippen LogP contribution < -0.4 is 15.8 Å². The number of primary amides is 1. The predicted molar refractivity (Wildman–Crippen MR) is 107 cm³/mol. The average Bonchev–Trinajstić information content (AvgIpc) is 2.68. The Morgan fingerprint density at radius 2 is 1.79 bits per heavy atom. The van der Waals surface area contributed by atoms with Crippen molar-refractivity contribution < 1.29 is 19.1 Å². The fourth-order valence-corrected chi connectivity index (χ4v) is 2.98. The lowest BCUT2D eigenvalue weighted by Crippen LogP contribution is -2.31. The number of benzene rings is 2. The van der Waals surface area contributed by atoms with Gasteiger partial charge in [-0.05, 0) is 24.6 Å². The van der Waals surface area contributed by atoms with Gasteiger partial charge >= 0.3 is 0 Å². The number of para-hydroxylation sites is 2. The number of hydrogen-bond donors (Lipinski definition) is 2. The van der Waals surface area contributed by atoms with Crippen LogP contribution in [0.1, 0.15) is 54.9 Å². The van der Waals surface area contributed by atoms with Crippen LogP contribution in [0.15, 0.2) is 48.5 Å². The van der Waals surface area contributed by atoms with Gasteiger partial charge in [0.15, 0.2) is 5.78 Å². The van der Waals surface area contributed by atoms with Crippen LogP contribution >= 0.6 is 0 Å². The van der Waals surface area contributed by atoms with Crippen molar-refractivity contribution in [2.24, 2.45) is 5.73 Å². The number of ether oxygens (including phenoxy) is 1. The molecule has 0 fully saturated rings. The molecule has 0 spiro atoms. The molecule has 0 saturated heterocycles. The number of nitrogens with two attached hydrogens (primary N) is 1. The minimum absolute atomic E-state index is 0.0741. The lowest BCUT2D eigenvalue weighted by molar-refractivity contribution is -0.124. The second-order valence-electron chi connectivity index (χ2n) is 6.57. The maximum atomic E-state index is 12.9. The van der Waals surface area contributed by atoms with E-state index >= 15 is 0 Å². The molecule has 3 N–H and O–H groups in total. The van der Waals surface area contributed by atoms with E-state index in [1.807, 2.05) is 25.1 Å². The highest BCUT2D eigenvalue weighted by atomic mass is 16.5. The van der Waals surface area contributed by atoms with E-state index < -0.39 is 11.8 Å². The molecular weight excluding hydrogens is 356 g/mol. The molecule has 1 unspecified atom stereocenters. The molecule has 0 heterocycles. The smallest absolute Gasteiger partial charge is 0.252 e. The minimum Gasteiger partial charge on any atom is -0.456 e. The monoisotopic (exact) mass is 382 g/mol. The van der Waals surface area contributed by atoms with E-state index in [2.05, 4.69) is 5.32 Å². The van der Waals surface area contributed by atoms with Gasteiger partial charge in [0.1, 0.15) is 11.5 Å². The molecule has 6 heteroatoms. The summed E-state index contributed by atoms with van der Waals surface area (Å²) >= 11 is 0. The van der Waals surface area contributed by atoms with Crippen molar-refractivity contribution in [1.29, 1.82) is 0 Å². The molecule has 0 saturated carbocycles. The van der Waals surface area contributed by atoms with Crippen molar-refractivity contribution >= 4 is 17.6 Å². The highest BCUT2D eigenvalue weighted by Crippen LogP contribution is 2.36. The third kappa shape index (κ3) is 5.67. The zero-order valence-corrected chi connectivity index (χ0v) is 16.2. The summed E-state index contributed by atoms with van der Waals surface area (Å²) in [6, 6.07) is 14.1. The van der Waals surface area contributed by atoms with Gasteiger partial charge in [-0.15, -0.1) is 0 Å². The van der Waals surface area contributed by atoms with E-state index in [1.54, 1.807) is 30.3 Å². The number of rotatable bonds is 10. The normalized spacial score (nSPS) is 11.5. The molecule has 2 rings (SSSR count). The average molecular weight is 382 g/mol. The Morgan fingerprint density at radius 1 is 1.07 bits per heavy atom. The molecule has 28 heavy (non-hydrogen) atoms.